The molecular formula is C25H31ClO7. The van der Waals surface area contributed by atoms with Gasteiger partial charge in [-0.25, -0.2) is 4.79 Å². The third-order valence-electron chi connectivity index (χ3n) is 5.85. The molecule has 7 nitrogen and oxygen atoms in total. The standard InChI is InChI=1S/C25H31ClO7/c1-14(7-6-8-15(2)19-11-20(28)25(4,5)33-19)9-10-17-23(31)18(12-27)16(3)22(26)24(17)32-13-21(29)30/h8-9,12,19,31H,6-7,10-11,13H2,1-5H3,(H,29,30)/b14-9+,15-8+. The van der Waals surface area contributed by atoms with Crippen molar-refractivity contribution in [2.24, 2.45) is 0 Å². The first-order chi connectivity index (χ1) is 15.4. The first-order valence-corrected chi connectivity index (χ1v) is 11.1. The highest BCUT2D eigenvalue weighted by Crippen LogP contribution is 2.41. The number of phenolic OH excluding ortho intramolecular Hbond substituents is 1. The van der Waals surface area contributed by atoms with Crippen LogP contribution in [0.3, 0.4) is 0 Å². The zero-order chi connectivity index (χ0) is 24.9. The molecule has 1 aliphatic rings. The van der Waals surface area contributed by atoms with Gasteiger partial charge in [-0.05, 0) is 65.0 Å². The molecular weight excluding hydrogens is 448 g/mol. The monoisotopic (exact) mass is 478 g/mol. The number of benzene rings is 1. The second kappa shape index (κ2) is 11.0. The molecule has 1 heterocycles. The summed E-state index contributed by atoms with van der Waals surface area (Å²) in [6.45, 7) is 8.40. The number of hydrogen-bond acceptors (Lipinski definition) is 6. The second-order valence-electron chi connectivity index (χ2n) is 8.79. The van der Waals surface area contributed by atoms with Gasteiger partial charge in [-0.15, -0.1) is 0 Å². The predicted octanol–water partition coefficient (Wildman–Crippen LogP) is 4.98. The summed E-state index contributed by atoms with van der Waals surface area (Å²) >= 11 is 6.31. The molecule has 0 spiro atoms. The minimum absolute atomic E-state index is 0.0521. The van der Waals surface area contributed by atoms with Crippen molar-refractivity contribution in [1.82, 2.24) is 0 Å². The van der Waals surface area contributed by atoms with Crippen LogP contribution in [0.4, 0.5) is 0 Å². The molecule has 1 aromatic rings. The third kappa shape index (κ3) is 6.45. The normalized spacial score (nSPS) is 18.5. The van der Waals surface area contributed by atoms with E-state index in [1.165, 1.54) is 0 Å². The van der Waals surface area contributed by atoms with Crippen molar-refractivity contribution >= 4 is 29.6 Å². The van der Waals surface area contributed by atoms with Crippen LogP contribution in [-0.2, 0) is 20.7 Å². The largest absolute Gasteiger partial charge is 0.507 e. The van der Waals surface area contributed by atoms with E-state index in [0.29, 0.717) is 18.3 Å². The number of aldehydes is 1. The molecule has 1 atom stereocenters. The minimum Gasteiger partial charge on any atom is -0.507 e. The highest BCUT2D eigenvalue weighted by Gasteiger charge is 2.40. The van der Waals surface area contributed by atoms with Crippen LogP contribution in [0.1, 0.15) is 68.4 Å². The lowest BCUT2D eigenvalue weighted by Crippen LogP contribution is -2.27. The predicted molar refractivity (Wildman–Crippen MR) is 125 cm³/mol. The number of phenols is 1. The van der Waals surface area contributed by atoms with Gasteiger partial charge in [0.05, 0.1) is 16.7 Å². The number of carbonyl (C=O) groups is 3. The molecule has 1 aromatic carbocycles. The summed E-state index contributed by atoms with van der Waals surface area (Å²) < 4.78 is 11.2. The number of carboxylic acid groups (broad SMARTS) is 1. The van der Waals surface area contributed by atoms with Gasteiger partial charge in [-0.1, -0.05) is 29.3 Å². The van der Waals surface area contributed by atoms with E-state index in [4.69, 9.17) is 26.2 Å². The molecule has 180 valence electrons. The second-order valence-corrected chi connectivity index (χ2v) is 9.17. The van der Waals surface area contributed by atoms with Crippen LogP contribution in [0.25, 0.3) is 0 Å². The van der Waals surface area contributed by atoms with Gasteiger partial charge in [0.25, 0.3) is 0 Å². The number of aromatic hydroxyl groups is 1. The average molecular weight is 479 g/mol. The maximum Gasteiger partial charge on any atom is 0.341 e. The van der Waals surface area contributed by atoms with Crippen molar-refractivity contribution < 1.29 is 34.1 Å². The Morgan fingerprint density at radius 2 is 1.97 bits per heavy atom. The van der Waals surface area contributed by atoms with Gasteiger partial charge in [0, 0.05) is 12.0 Å². The molecule has 0 radical (unpaired) electrons. The minimum atomic E-state index is -1.18. The Kier molecular flexibility index (Phi) is 8.86. The van der Waals surface area contributed by atoms with E-state index in [9.17, 15) is 19.5 Å². The van der Waals surface area contributed by atoms with Crippen LogP contribution in [-0.4, -0.2) is 46.6 Å². The van der Waals surface area contributed by atoms with E-state index in [1.807, 2.05) is 19.9 Å². The van der Waals surface area contributed by atoms with E-state index in [0.717, 1.165) is 24.0 Å². The van der Waals surface area contributed by atoms with Gasteiger partial charge in [0.2, 0.25) is 0 Å². The van der Waals surface area contributed by atoms with Crippen LogP contribution in [0.15, 0.2) is 23.3 Å². The first-order valence-electron chi connectivity index (χ1n) is 10.8. The lowest BCUT2D eigenvalue weighted by molar-refractivity contribution is -0.139. The highest BCUT2D eigenvalue weighted by atomic mass is 35.5. The molecule has 0 aromatic heterocycles. The Morgan fingerprint density at radius 1 is 1.30 bits per heavy atom. The lowest BCUT2D eigenvalue weighted by atomic mass is 9.98. The van der Waals surface area contributed by atoms with Crippen LogP contribution in [0, 0.1) is 6.92 Å². The Bertz CT molecular complexity index is 1000. The molecule has 33 heavy (non-hydrogen) atoms. The summed E-state index contributed by atoms with van der Waals surface area (Å²) in [5.74, 6) is -1.29. The topological polar surface area (TPSA) is 110 Å². The molecule has 1 aliphatic heterocycles. The number of aliphatic carboxylic acids is 1. The molecule has 0 amide bonds. The molecule has 1 saturated heterocycles. The quantitative estimate of drug-likeness (QED) is 0.360. The van der Waals surface area contributed by atoms with E-state index in [-0.39, 0.29) is 46.0 Å². The number of allylic oxidation sites excluding steroid dienone is 3. The lowest BCUT2D eigenvalue weighted by Gasteiger charge is -2.18. The SMILES string of the molecule is C/C(=C\Cc1c(O)c(C=O)c(C)c(Cl)c1OCC(=O)O)CC/C=C(\C)C1CC(=O)C(C)(C)O1. The van der Waals surface area contributed by atoms with Crippen molar-refractivity contribution in [2.45, 2.75) is 72.0 Å². The number of carbonyl (C=O) groups excluding carboxylic acids is 2. The fourth-order valence-electron chi connectivity index (χ4n) is 3.66. The Balaban J connectivity index is 2.14. The van der Waals surface area contributed by atoms with Crippen molar-refractivity contribution in [3.8, 4) is 11.5 Å². The van der Waals surface area contributed by atoms with Crippen molar-refractivity contribution in [2.75, 3.05) is 6.61 Å². The summed E-state index contributed by atoms with van der Waals surface area (Å²) in [5, 5.41) is 19.6. The van der Waals surface area contributed by atoms with Crippen LogP contribution in [0.2, 0.25) is 5.02 Å². The molecule has 8 heteroatoms. The zero-order valence-corrected chi connectivity index (χ0v) is 20.4. The third-order valence-corrected chi connectivity index (χ3v) is 6.31. The Morgan fingerprint density at radius 3 is 2.52 bits per heavy atom. The summed E-state index contributed by atoms with van der Waals surface area (Å²) in [4.78, 5) is 34.4. The highest BCUT2D eigenvalue weighted by molar-refractivity contribution is 6.33. The fourth-order valence-corrected chi connectivity index (χ4v) is 3.93. The molecule has 0 aliphatic carbocycles. The van der Waals surface area contributed by atoms with Crippen molar-refractivity contribution in [1.29, 1.82) is 0 Å². The van der Waals surface area contributed by atoms with E-state index in [2.05, 4.69) is 6.08 Å². The summed E-state index contributed by atoms with van der Waals surface area (Å²) in [6.07, 6.45) is 6.33. The first kappa shape index (κ1) is 26.6. The van der Waals surface area contributed by atoms with Gasteiger partial charge < -0.3 is 19.7 Å². The van der Waals surface area contributed by atoms with E-state index in [1.54, 1.807) is 20.8 Å². The fraction of sp³-hybridized carbons (Fsp3) is 0.480. The molecule has 2 N–H and O–H groups in total. The summed E-state index contributed by atoms with van der Waals surface area (Å²) in [5.41, 5.74) is 1.94. The number of Topliss-reactive ketones (excluding diaryl/α,β-unsaturated/α-hetero) is 1. The molecule has 0 saturated carbocycles. The van der Waals surface area contributed by atoms with Gasteiger partial charge in [-0.2, -0.15) is 0 Å². The molecule has 1 unspecified atom stereocenters. The maximum atomic E-state index is 12.0. The van der Waals surface area contributed by atoms with Crippen LogP contribution >= 0.6 is 11.6 Å². The number of ketones is 1. The van der Waals surface area contributed by atoms with Crippen molar-refractivity contribution in [3.05, 3.63) is 45.0 Å². The molecule has 1 fully saturated rings. The number of hydrogen-bond donors (Lipinski definition) is 2. The van der Waals surface area contributed by atoms with Gasteiger partial charge in [-0.3, -0.25) is 9.59 Å². The summed E-state index contributed by atoms with van der Waals surface area (Å²) in [6, 6.07) is 0. The number of ether oxygens (including phenoxy) is 2. The van der Waals surface area contributed by atoms with Gasteiger partial charge in [0.15, 0.2) is 18.7 Å². The molecule has 0 bridgehead atoms. The Labute approximate surface area is 199 Å². The van der Waals surface area contributed by atoms with Gasteiger partial charge in [0.1, 0.15) is 17.1 Å². The summed E-state index contributed by atoms with van der Waals surface area (Å²) in [7, 11) is 0. The number of rotatable bonds is 10. The maximum absolute atomic E-state index is 12.0. The smallest absolute Gasteiger partial charge is 0.341 e. The number of carboxylic acids is 1. The zero-order valence-electron chi connectivity index (χ0n) is 19.7. The number of halogens is 1. The van der Waals surface area contributed by atoms with Crippen molar-refractivity contribution in [3.63, 3.8) is 0 Å². The van der Waals surface area contributed by atoms with Crippen LogP contribution in [0.5, 0.6) is 11.5 Å². The average Bonchev–Trinajstić information content (AvgIpc) is 3.01. The van der Waals surface area contributed by atoms with E-state index < -0.39 is 18.2 Å². The molecule has 2 rings (SSSR count). The Hall–Kier alpha value is -2.64. The van der Waals surface area contributed by atoms with Gasteiger partial charge >= 0.3 is 5.97 Å². The van der Waals surface area contributed by atoms with Crippen LogP contribution < -0.4 is 4.74 Å². The van der Waals surface area contributed by atoms with E-state index >= 15 is 0 Å².